The number of rotatable bonds is 8. The molecule has 1 aliphatic rings. The zero-order valence-electron chi connectivity index (χ0n) is 13.4. The second-order valence-corrected chi connectivity index (χ2v) is 6.64. The molecule has 0 bridgehead atoms. The highest BCUT2D eigenvalue weighted by Crippen LogP contribution is 2.23. The van der Waals surface area contributed by atoms with Gasteiger partial charge < -0.3 is 16.0 Å². The molecule has 1 fully saturated rings. The van der Waals surface area contributed by atoms with Crippen LogP contribution in [0.3, 0.4) is 0 Å². The fourth-order valence-corrected chi connectivity index (χ4v) is 3.50. The Morgan fingerprint density at radius 3 is 2.65 bits per heavy atom. The van der Waals surface area contributed by atoms with Gasteiger partial charge in [-0.15, -0.1) is 11.8 Å². The summed E-state index contributed by atoms with van der Waals surface area (Å²) < 4.78 is 0. The van der Waals surface area contributed by atoms with Gasteiger partial charge in [0.1, 0.15) is 0 Å². The van der Waals surface area contributed by atoms with E-state index in [2.05, 4.69) is 5.32 Å². The van der Waals surface area contributed by atoms with Gasteiger partial charge in [-0.1, -0.05) is 12.1 Å². The Morgan fingerprint density at radius 2 is 1.91 bits per heavy atom. The van der Waals surface area contributed by atoms with Crippen molar-refractivity contribution in [1.82, 2.24) is 10.2 Å². The Hall–Kier alpha value is -1.53. The number of nitrogens with two attached hydrogens (primary N) is 1. The molecule has 126 valence electrons. The summed E-state index contributed by atoms with van der Waals surface area (Å²) in [5, 5.41) is 2.91. The van der Waals surface area contributed by atoms with Gasteiger partial charge in [-0.25, -0.2) is 0 Å². The first-order chi connectivity index (χ1) is 11.2. The molecule has 1 saturated heterocycles. The summed E-state index contributed by atoms with van der Waals surface area (Å²) in [5.74, 6) is 0.460. The fraction of sp³-hybridized carbons (Fsp3) is 0.529. The number of hydrogen-bond acceptors (Lipinski definition) is 4. The van der Waals surface area contributed by atoms with Crippen LogP contribution >= 0.6 is 11.8 Å². The van der Waals surface area contributed by atoms with E-state index in [1.54, 1.807) is 6.07 Å². The van der Waals surface area contributed by atoms with Gasteiger partial charge in [0, 0.05) is 24.5 Å². The minimum atomic E-state index is -0.0845. The Balaban J connectivity index is 1.88. The summed E-state index contributed by atoms with van der Waals surface area (Å²) in [5.41, 5.74) is 6.09. The van der Waals surface area contributed by atoms with E-state index in [0.29, 0.717) is 24.4 Å². The Morgan fingerprint density at radius 1 is 1.17 bits per heavy atom. The van der Waals surface area contributed by atoms with Crippen LogP contribution in [0.2, 0.25) is 0 Å². The highest BCUT2D eigenvalue weighted by Gasteiger charge is 2.19. The minimum absolute atomic E-state index is 0.0845. The molecule has 0 radical (unpaired) electrons. The monoisotopic (exact) mass is 335 g/mol. The lowest BCUT2D eigenvalue weighted by atomic mass is 10.2. The number of carbonyl (C=O) groups excluding carboxylic acids is 2. The lowest BCUT2D eigenvalue weighted by Gasteiger charge is -2.15. The zero-order valence-corrected chi connectivity index (χ0v) is 14.2. The van der Waals surface area contributed by atoms with Gasteiger partial charge in [-0.3, -0.25) is 9.59 Å². The van der Waals surface area contributed by atoms with Crippen LogP contribution in [0, 0.1) is 0 Å². The molecule has 0 saturated carbocycles. The highest BCUT2D eigenvalue weighted by atomic mass is 32.2. The maximum atomic E-state index is 12.3. The summed E-state index contributed by atoms with van der Waals surface area (Å²) in [7, 11) is 0. The van der Waals surface area contributed by atoms with Crippen LogP contribution in [-0.4, -0.2) is 48.6 Å². The van der Waals surface area contributed by atoms with Crippen molar-refractivity contribution in [2.24, 2.45) is 5.73 Å². The lowest BCUT2D eigenvalue weighted by Crippen LogP contribution is -2.29. The predicted molar refractivity (Wildman–Crippen MR) is 93.6 cm³/mol. The van der Waals surface area contributed by atoms with Crippen molar-refractivity contribution in [2.45, 2.75) is 30.6 Å². The van der Waals surface area contributed by atoms with E-state index >= 15 is 0 Å². The smallest absolute Gasteiger partial charge is 0.252 e. The molecule has 6 heteroatoms. The number of benzene rings is 1. The number of unbranched alkanes of at least 4 members (excludes halogenated alkanes) is 1. The van der Waals surface area contributed by atoms with Crippen LogP contribution < -0.4 is 11.1 Å². The van der Waals surface area contributed by atoms with Gasteiger partial charge in [-0.05, 0) is 44.4 Å². The maximum absolute atomic E-state index is 12.3. The van der Waals surface area contributed by atoms with E-state index in [1.807, 2.05) is 23.1 Å². The van der Waals surface area contributed by atoms with Gasteiger partial charge in [0.25, 0.3) is 5.91 Å². The van der Waals surface area contributed by atoms with Crippen LogP contribution in [-0.2, 0) is 4.79 Å². The normalized spacial score (nSPS) is 14.0. The number of hydrogen-bond donors (Lipinski definition) is 2. The molecule has 1 heterocycles. The van der Waals surface area contributed by atoms with E-state index in [4.69, 9.17) is 5.73 Å². The van der Waals surface area contributed by atoms with Crippen molar-refractivity contribution < 1.29 is 9.59 Å². The second-order valence-electron chi connectivity index (χ2n) is 5.62. The van der Waals surface area contributed by atoms with E-state index in [-0.39, 0.29) is 11.8 Å². The molecule has 1 aromatic rings. The van der Waals surface area contributed by atoms with Crippen LogP contribution in [0.1, 0.15) is 36.0 Å². The summed E-state index contributed by atoms with van der Waals surface area (Å²) in [6.45, 7) is 2.99. The molecule has 2 amide bonds. The zero-order chi connectivity index (χ0) is 16.5. The number of likely N-dealkylation sites (tertiary alicyclic amines) is 1. The number of nitrogens with zero attached hydrogens (tertiary/aromatic N) is 1. The van der Waals surface area contributed by atoms with Crippen molar-refractivity contribution in [3.8, 4) is 0 Å². The molecule has 0 aliphatic carbocycles. The number of carbonyl (C=O) groups is 2. The van der Waals surface area contributed by atoms with E-state index in [1.165, 1.54) is 11.8 Å². The third-order valence-electron chi connectivity index (χ3n) is 3.86. The molecule has 0 aromatic heterocycles. The van der Waals surface area contributed by atoms with Crippen LogP contribution in [0.5, 0.6) is 0 Å². The van der Waals surface area contributed by atoms with Gasteiger partial charge >= 0.3 is 0 Å². The maximum Gasteiger partial charge on any atom is 0.252 e. The summed E-state index contributed by atoms with van der Waals surface area (Å²) in [4.78, 5) is 27.2. The molecular formula is C17H25N3O2S. The van der Waals surface area contributed by atoms with Gasteiger partial charge in [0.2, 0.25) is 5.91 Å². The molecule has 0 atom stereocenters. The third-order valence-corrected chi connectivity index (χ3v) is 4.92. The fourth-order valence-electron chi connectivity index (χ4n) is 2.54. The van der Waals surface area contributed by atoms with Crippen LogP contribution in [0.15, 0.2) is 29.2 Å². The van der Waals surface area contributed by atoms with Gasteiger partial charge in [-0.2, -0.15) is 0 Å². The van der Waals surface area contributed by atoms with Crippen LogP contribution in [0.4, 0.5) is 0 Å². The standard InChI is InChI=1S/C17H25N3O2S/c18-9-3-4-10-19-17(22)14-7-1-2-8-15(14)23-13-16(21)20-11-5-6-12-20/h1-2,7-8H,3-6,9-13,18H2,(H,19,22). The average molecular weight is 335 g/mol. The predicted octanol–water partition coefficient (Wildman–Crippen LogP) is 1.87. The Kier molecular flexibility index (Phi) is 7.42. The molecule has 0 unspecified atom stereocenters. The first-order valence-electron chi connectivity index (χ1n) is 8.20. The number of nitrogens with one attached hydrogen (secondary N) is 1. The minimum Gasteiger partial charge on any atom is -0.352 e. The van der Waals surface area contributed by atoms with E-state index in [9.17, 15) is 9.59 Å². The van der Waals surface area contributed by atoms with Crippen molar-refractivity contribution in [3.05, 3.63) is 29.8 Å². The molecule has 1 aromatic carbocycles. The average Bonchev–Trinajstić information content (AvgIpc) is 3.11. The molecule has 23 heavy (non-hydrogen) atoms. The third kappa shape index (κ3) is 5.55. The molecule has 2 rings (SSSR count). The summed E-state index contributed by atoms with van der Waals surface area (Å²) >= 11 is 1.44. The topological polar surface area (TPSA) is 75.4 Å². The highest BCUT2D eigenvalue weighted by molar-refractivity contribution is 8.00. The van der Waals surface area contributed by atoms with E-state index in [0.717, 1.165) is 43.7 Å². The summed E-state index contributed by atoms with van der Waals surface area (Å²) in [6.07, 6.45) is 3.97. The van der Waals surface area contributed by atoms with Crippen molar-refractivity contribution in [3.63, 3.8) is 0 Å². The van der Waals surface area contributed by atoms with Crippen LogP contribution in [0.25, 0.3) is 0 Å². The lowest BCUT2D eigenvalue weighted by molar-refractivity contribution is -0.127. The largest absolute Gasteiger partial charge is 0.352 e. The SMILES string of the molecule is NCCCCNC(=O)c1ccccc1SCC(=O)N1CCCC1. The van der Waals surface area contributed by atoms with Crippen molar-refractivity contribution in [1.29, 1.82) is 0 Å². The molecule has 3 N–H and O–H groups in total. The summed E-state index contributed by atoms with van der Waals surface area (Å²) in [6, 6.07) is 7.45. The quantitative estimate of drug-likeness (QED) is 0.562. The molecule has 1 aliphatic heterocycles. The molecule has 0 spiro atoms. The first-order valence-corrected chi connectivity index (χ1v) is 9.19. The second kappa shape index (κ2) is 9.57. The Labute approximate surface area is 142 Å². The number of amides is 2. The van der Waals surface area contributed by atoms with Gasteiger partial charge in [0.15, 0.2) is 0 Å². The molecular weight excluding hydrogens is 310 g/mol. The van der Waals surface area contributed by atoms with Crippen molar-refractivity contribution in [2.75, 3.05) is 31.9 Å². The first kappa shape index (κ1) is 17.8. The van der Waals surface area contributed by atoms with Crippen molar-refractivity contribution >= 4 is 23.6 Å². The number of thioether (sulfide) groups is 1. The van der Waals surface area contributed by atoms with E-state index < -0.39 is 0 Å². The Bertz CT molecular complexity index is 530. The van der Waals surface area contributed by atoms with Gasteiger partial charge in [0.05, 0.1) is 11.3 Å². The molecule has 5 nitrogen and oxygen atoms in total.